The van der Waals surface area contributed by atoms with Crippen LogP contribution in [0.15, 0.2) is 24.5 Å². The molecule has 2 heterocycles. The summed E-state index contributed by atoms with van der Waals surface area (Å²) in [6.07, 6.45) is 9.87. The van der Waals surface area contributed by atoms with E-state index < -0.39 is 0 Å². The largest absolute Gasteiger partial charge is 0.356 e. The van der Waals surface area contributed by atoms with E-state index >= 15 is 0 Å². The minimum atomic E-state index is 0.148. The van der Waals surface area contributed by atoms with Crippen LogP contribution in [-0.2, 0) is 11.2 Å². The highest BCUT2D eigenvalue weighted by atomic mass is 16.1. The van der Waals surface area contributed by atoms with Gasteiger partial charge in [0.25, 0.3) is 0 Å². The van der Waals surface area contributed by atoms with Crippen molar-refractivity contribution in [3.05, 3.63) is 30.1 Å². The summed E-state index contributed by atoms with van der Waals surface area (Å²) in [5.74, 6) is 0.148. The normalized spacial score (nSPS) is 15.4. The Hall–Kier alpha value is -1.42. The van der Waals surface area contributed by atoms with Crippen LogP contribution in [0, 0.1) is 0 Å². The van der Waals surface area contributed by atoms with E-state index in [1.165, 1.54) is 38.9 Å². The van der Waals surface area contributed by atoms with Gasteiger partial charge in [0, 0.05) is 25.4 Å². The van der Waals surface area contributed by atoms with Crippen LogP contribution < -0.4 is 5.32 Å². The summed E-state index contributed by atoms with van der Waals surface area (Å²) in [7, 11) is 0. The number of rotatable bonds is 8. The topological polar surface area (TPSA) is 45.2 Å². The Morgan fingerprint density at radius 3 is 2.90 bits per heavy atom. The van der Waals surface area contributed by atoms with Gasteiger partial charge in [0.2, 0.25) is 5.91 Å². The summed E-state index contributed by atoms with van der Waals surface area (Å²) in [6, 6.07) is 3.92. The minimum Gasteiger partial charge on any atom is -0.356 e. The summed E-state index contributed by atoms with van der Waals surface area (Å²) in [5, 5.41) is 3.00. The third-order valence-electron chi connectivity index (χ3n) is 3.79. The van der Waals surface area contributed by atoms with Gasteiger partial charge in [-0.05, 0) is 63.4 Å². The Kier molecular flexibility index (Phi) is 6.51. The number of aryl methyl sites for hydroxylation is 1. The first-order valence-corrected chi connectivity index (χ1v) is 7.72. The molecule has 0 aromatic carbocycles. The van der Waals surface area contributed by atoms with Crippen molar-refractivity contribution in [3.8, 4) is 0 Å². The first-order chi connectivity index (χ1) is 9.84. The molecule has 4 heteroatoms. The summed E-state index contributed by atoms with van der Waals surface area (Å²) in [4.78, 5) is 18.3. The van der Waals surface area contributed by atoms with Crippen molar-refractivity contribution in [2.24, 2.45) is 0 Å². The maximum absolute atomic E-state index is 11.7. The molecule has 110 valence electrons. The lowest BCUT2D eigenvalue weighted by atomic mass is 10.1. The number of carbonyl (C=O) groups excluding carboxylic acids is 1. The van der Waals surface area contributed by atoms with Gasteiger partial charge in [0.15, 0.2) is 0 Å². The number of hydrogen-bond donors (Lipinski definition) is 1. The molecule has 1 aliphatic rings. The quantitative estimate of drug-likeness (QED) is 0.738. The number of aromatic nitrogens is 1. The maximum Gasteiger partial charge on any atom is 0.220 e. The van der Waals surface area contributed by atoms with Crippen LogP contribution in [0.5, 0.6) is 0 Å². The molecular formula is C16H25N3O. The lowest BCUT2D eigenvalue weighted by molar-refractivity contribution is -0.121. The van der Waals surface area contributed by atoms with E-state index in [1.54, 1.807) is 6.20 Å². The fourth-order valence-corrected chi connectivity index (χ4v) is 2.59. The Balaban J connectivity index is 1.47. The number of amides is 1. The molecule has 0 unspecified atom stereocenters. The van der Waals surface area contributed by atoms with Crippen LogP contribution in [0.3, 0.4) is 0 Å². The molecule has 0 bridgehead atoms. The molecule has 1 aliphatic heterocycles. The summed E-state index contributed by atoms with van der Waals surface area (Å²) >= 11 is 0. The fourth-order valence-electron chi connectivity index (χ4n) is 2.59. The lowest BCUT2D eigenvalue weighted by Crippen LogP contribution is -2.26. The maximum atomic E-state index is 11.7. The molecule has 0 aliphatic carbocycles. The average molecular weight is 275 g/mol. The summed E-state index contributed by atoms with van der Waals surface area (Å²) in [5.41, 5.74) is 1.12. The second-order valence-corrected chi connectivity index (χ2v) is 5.47. The molecule has 0 atom stereocenters. The molecule has 4 nitrogen and oxygen atoms in total. The average Bonchev–Trinajstić information content (AvgIpc) is 2.99. The first-order valence-electron chi connectivity index (χ1n) is 7.72. The van der Waals surface area contributed by atoms with Gasteiger partial charge in [0.1, 0.15) is 0 Å². The monoisotopic (exact) mass is 275 g/mol. The van der Waals surface area contributed by atoms with Gasteiger partial charge in [-0.15, -0.1) is 0 Å². The van der Waals surface area contributed by atoms with Crippen LogP contribution >= 0.6 is 0 Å². The minimum absolute atomic E-state index is 0.148. The van der Waals surface area contributed by atoms with E-state index in [0.29, 0.717) is 6.42 Å². The summed E-state index contributed by atoms with van der Waals surface area (Å²) in [6.45, 7) is 4.51. The summed E-state index contributed by atoms with van der Waals surface area (Å²) < 4.78 is 0. The molecule has 0 saturated carbocycles. The van der Waals surface area contributed by atoms with Crippen molar-refractivity contribution in [3.63, 3.8) is 0 Å². The molecule has 2 rings (SSSR count). The number of hydrogen-bond acceptors (Lipinski definition) is 3. The zero-order chi connectivity index (χ0) is 14.0. The van der Waals surface area contributed by atoms with Gasteiger partial charge in [-0.25, -0.2) is 0 Å². The third kappa shape index (κ3) is 5.70. The fraction of sp³-hybridized carbons (Fsp3) is 0.625. The van der Waals surface area contributed by atoms with Crippen molar-refractivity contribution in [2.75, 3.05) is 26.2 Å². The molecule has 1 fully saturated rings. The molecule has 0 spiro atoms. The third-order valence-corrected chi connectivity index (χ3v) is 3.79. The van der Waals surface area contributed by atoms with Crippen molar-refractivity contribution < 1.29 is 4.79 Å². The van der Waals surface area contributed by atoms with E-state index in [1.807, 2.05) is 18.3 Å². The van der Waals surface area contributed by atoms with Gasteiger partial charge >= 0.3 is 0 Å². The van der Waals surface area contributed by atoms with E-state index in [2.05, 4.69) is 15.2 Å². The van der Waals surface area contributed by atoms with E-state index in [4.69, 9.17) is 0 Å². The lowest BCUT2D eigenvalue weighted by Gasteiger charge is -2.14. The molecular weight excluding hydrogens is 250 g/mol. The smallest absolute Gasteiger partial charge is 0.220 e. The molecule has 1 amide bonds. The van der Waals surface area contributed by atoms with Crippen molar-refractivity contribution in [1.29, 1.82) is 0 Å². The number of nitrogens with one attached hydrogen (secondary N) is 1. The predicted octanol–water partition coefficient (Wildman–Crippen LogP) is 2.01. The molecule has 20 heavy (non-hydrogen) atoms. The molecule has 1 aromatic rings. The van der Waals surface area contributed by atoms with Crippen molar-refractivity contribution in [2.45, 2.75) is 38.5 Å². The van der Waals surface area contributed by atoms with Crippen molar-refractivity contribution >= 4 is 5.91 Å². The Labute approximate surface area is 121 Å². The second kappa shape index (κ2) is 8.69. The van der Waals surface area contributed by atoms with Gasteiger partial charge in [-0.3, -0.25) is 9.78 Å². The van der Waals surface area contributed by atoms with Crippen LogP contribution in [0.25, 0.3) is 0 Å². The number of pyridine rings is 1. The number of carbonyl (C=O) groups is 1. The number of nitrogens with zero attached hydrogens (tertiary/aromatic N) is 2. The zero-order valence-corrected chi connectivity index (χ0v) is 12.2. The van der Waals surface area contributed by atoms with Crippen LogP contribution in [0.2, 0.25) is 0 Å². The van der Waals surface area contributed by atoms with Gasteiger partial charge < -0.3 is 10.2 Å². The highest BCUT2D eigenvalue weighted by Gasteiger charge is 2.10. The molecule has 1 N–H and O–H groups in total. The van der Waals surface area contributed by atoms with Crippen LogP contribution in [0.4, 0.5) is 0 Å². The Morgan fingerprint density at radius 2 is 2.15 bits per heavy atom. The van der Waals surface area contributed by atoms with Crippen LogP contribution in [-0.4, -0.2) is 42.0 Å². The molecule has 0 radical (unpaired) electrons. The van der Waals surface area contributed by atoms with Gasteiger partial charge in [-0.1, -0.05) is 6.07 Å². The number of likely N-dealkylation sites (tertiary alicyclic amines) is 1. The van der Waals surface area contributed by atoms with E-state index in [-0.39, 0.29) is 5.91 Å². The van der Waals surface area contributed by atoms with E-state index in [0.717, 1.165) is 24.9 Å². The van der Waals surface area contributed by atoms with Crippen molar-refractivity contribution in [1.82, 2.24) is 15.2 Å². The number of unbranched alkanes of at least 4 members (excludes halogenated alkanes) is 1. The van der Waals surface area contributed by atoms with Gasteiger partial charge in [-0.2, -0.15) is 0 Å². The molecule has 1 saturated heterocycles. The Bertz CT molecular complexity index is 388. The van der Waals surface area contributed by atoms with Gasteiger partial charge in [0.05, 0.1) is 0 Å². The standard InChI is InChI=1S/C16H25N3O/c20-16(8-7-15-6-5-9-17-14-15)18-10-1-2-11-19-12-3-4-13-19/h5-6,9,14H,1-4,7-8,10-13H2,(H,18,20). The highest BCUT2D eigenvalue weighted by Crippen LogP contribution is 2.08. The SMILES string of the molecule is O=C(CCc1cccnc1)NCCCCN1CCCC1. The zero-order valence-electron chi connectivity index (χ0n) is 12.2. The first kappa shape index (κ1) is 15.0. The molecule has 1 aromatic heterocycles. The highest BCUT2D eigenvalue weighted by molar-refractivity contribution is 5.76. The Morgan fingerprint density at radius 1 is 1.30 bits per heavy atom. The van der Waals surface area contributed by atoms with E-state index in [9.17, 15) is 4.79 Å². The van der Waals surface area contributed by atoms with Crippen LogP contribution in [0.1, 0.15) is 37.7 Å². The predicted molar refractivity (Wildman–Crippen MR) is 80.5 cm³/mol. The second-order valence-electron chi connectivity index (χ2n) is 5.47.